The van der Waals surface area contributed by atoms with Crippen LogP contribution in [0, 0.1) is 0 Å². The van der Waals surface area contributed by atoms with Gasteiger partial charge in [-0.2, -0.15) is 0 Å². The van der Waals surface area contributed by atoms with Crippen molar-refractivity contribution in [3.8, 4) is 0 Å². The third kappa shape index (κ3) is 2.93. The van der Waals surface area contributed by atoms with E-state index in [0.717, 1.165) is 25.0 Å². The van der Waals surface area contributed by atoms with E-state index >= 15 is 0 Å². The molecule has 2 nitrogen and oxygen atoms in total. The third-order valence-electron chi connectivity index (χ3n) is 4.38. The molecule has 1 aromatic carbocycles. The van der Waals surface area contributed by atoms with Crippen molar-refractivity contribution in [2.45, 2.75) is 44.2 Å². The molecule has 0 amide bonds. The first-order valence-corrected chi connectivity index (χ1v) is 7.33. The Morgan fingerprint density at radius 2 is 2.17 bits per heavy atom. The molecular weight excluding hydrogens is 220 g/mol. The van der Waals surface area contributed by atoms with Crippen molar-refractivity contribution >= 4 is 0 Å². The van der Waals surface area contributed by atoms with Crippen molar-refractivity contribution in [2.24, 2.45) is 0 Å². The largest absolute Gasteiger partial charge is 0.311 e. The van der Waals surface area contributed by atoms with Gasteiger partial charge >= 0.3 is 0 Å². The molecule has 2 fully saturated rings. The first-order valence-electron chi connectivity index (χ1n) is 7.33. The quantitative estimate of drug-likeness (QED) is 0.857. The van der Waals surface area contributed by atoms with E-state index in [2.05, 4.69) is 41.5 Å². The average molecular weight is 244 g/mol. The Morgan fingerprint density at radius 1 is 1.28 bits per heavy atom. The van der Waals surface area contributed by atoms with E-state index in [4.69, 9.17) is 0 Å². The van der Waals surface area contributed by atoms with Gasteiger partial charge in [-0.15, -0.1) is 0 Å². The van der Waals surface area contributed by atoms with E-state index in [0.29, 0.717) is 0 Å². The highest BCUT2D eigenvalue weighted by Gasteiger charge is 2.23. The predicted molar refractivity (Wildman–Crippen MR) is 75.8 cm³/mol. The van der Waals surface area contributed by atoms with Crippen molar-refractivity contribution in [1.29, 1.82) is 0 Å². The summed E-state index contributed by atoms with van der Waals surface area (Å²) in [5, 5.41) is 3.62. The lowest BCUT2D eigenvalue weighted by Gasteiger charge is -2.19. The number of likely N-dealkylation sites (tertiary alicyclic amines) is 1. The normalized spacial score (nSPS) is 24.6. The van der Waals surface area contributed by atoms with Gasteiger partial charge in [-0.25, -0.2) is 0 Å². The monoisotopic (exact) mass is 244 g/mol. The van der Waals surface area contributed by atoms with Gasteiger partial charge in [0.15, 0.2) is 0 Å². The number of hydrogen-bond acceptors (Lipinski definition) is 2. The average Bonchev–Trinajstić information content (AvgIpc) is 3.15. The van der Waals surface area contributed by atoms with Crippen LogP contribution in [0.1, 0.15) is 42.7 Å². The Kier molecular flexibility index (Phi) is 3.67. The second-order valence-corrected chi connectivity index (χ2v) is 5.93. The minimum Gasteiger partial charge on any atom is -0.311 e. The second-order valence-electron chi connectivity index (χ2n) is 5.93. The van der Waals surface area contributed by atoms with Gasteiger partial charge < -0.3 is 10.2 Å². The molecule has 3 rings (SSSR count). The second kappa shape index (κ2) is 5.41. The molecule has 1 N–H and O–H groups in total. The maximum Gasteiger partial charge on any atom is 0.0218 e. The zero-order valence-electron chi connectivity index (χ0n) is 11.4. The highest BCUT2D eigenvalue weighted by molar-refractivity contribution is 5.29. The molecule has 98 valence electrons. The van der Waals surface area contributed by atoms with Crippen molar-refractivity contribution in [2.75, 3.05) is 20.1 Å². The highest BCUT2D eigenvalue weighted by Crippen LogP contribution is 2.40. The molecule has 1 aromatic rings. The van der Waals surface area contributed by atoms with Gasteiger partial charge in [0.25, 0.3) is 0 Å². The first kappa shape index (κ1) is 12.2. The summed E-state index contributed by atoms with van der Waals surface area (Å²) >= 11 is 0. The van der Waals surface area contributed by atoms with Gasteiger partial charge in [0, 0.05) is 19.1 Å². The molecule has 2 aliphatic rings. The molecular formula is C16H24N2. The molecule has 1 saturated carbocycles. The lowest BCUT2D eigenvalue weighted by molar-refractivity contribution is 0.300. The number of hydrogen-bond donors (Lipinski definition) is 1. The highest BCUT2D eigenvalue weighted by atomic mass is 15.2. The molecule has 0 bridgehead atoms. The van der Waals surface area contributed by atoms with Crippen LogP contribution in [-0.4, -0.2) is 31.1 Å². The molecule has 1 aliphatic heterocycles. The van der Waals surface area contributed by atoms with Crippen LogP contribution >= 0.6 is 0 Å². The smallest absolute Gasteiger partial charge is 0.0218 e. The lowest BCUT2D eigenvalue weighted by atomic mass is 10.1. The molecule has 1 saturated heterocycles. The summed E-state index contributed by atoms with van der Waals surface area (Å²) < 4.78 is 0. The summed E-state index contributed by atoms with van der Waals surface area (Å²) in [6.07, 6.45) is 5.50. The van der Waals surface area contributed by atoms with Gasteiger partial charge in [0.05, 0.1) is 0 Å². The molecule has 1 atom stereocenters. The van der Waals surface area contributed by atoms with E-state index < -0.39 is 0 Å². The number of nitrogens with one attached hydrogen (secondary N) is 1. The van der Waals surface area contributed by atoms with Crippen molar-refractivity contribution in [1.82, 2.24) is 10.2 Å². The van der Waals surface area contributed by atoms with Gasteiger partial charge in [0.1, 0.15) is 0 Å². The summed E-state index contributed by atoms with van der Waals surface area (Å²) in [6, 6.07) is 9.88. The molecule has 1 unspecified atom stereocenters. The summed E-state index contributed by atoms with van der Waals surface area (Å²) in [7, 11) is 2.24. The van der Waals surface area contributed by atoms with Crippen LogP contribution in [0.5, 0.6) is 0 Å². The van der Waals surface area contributed by atoms with E-state index in [1.165, 1.54) is 37.8 Å². The standard InChI is InChI=1S/C16H24N2/c1-18-9-3-6-16(18)12-17-11-13-4-2-5-15(10-13)14-7-8-14/h2,4-5,10,14,16-17H,3,6-9,11-12H2,1H3. The number of rotatable bonds is 5. The molecule has 1 aliphatic carbocycles. The molecule has 1 heterocycles. The van der Waals surface area contributed by atoms with Gasteiger partial charge in [0.2, 0.25) is 0 Å². The fourth-order valence-corrected chi connectivity index (χ4v) is 2.99. The number of benzene rings is 1. The summed E-state index contributed by atoms with van der Waals surface area (Å²) in [6.45, 7) is 3.42. The summed E-state index contributed by atoms with van der Waals surface area (Å²) in [5.74, 6) is 0.867. The topological polar surface area (TPSA) is 15.3 Å². The van der Waals surface area contributed by atoms with Crippen LogP contribution in [0.25, 0.3) is 0 Å². The zero-order valence-corrected chi connectivity index (χ0v) is 11.4. The molecule has 18 heavy (non-hydrogen) atoms. The first-order chi connectivity index (χ1) is 8.83. The molecule has 0 radical (unpaired) electrons. The van der Waals surface area contributed by atoms with E-state index in [1.54, 1.807) is 5.56 Å². The number of nitrogens with zero attached hydrogens (tertiary/aromatic N) is 1. The van der Waals surface area contributed by atoms with Crippen LogP contribution in [0.3, 0.4) is 0 Å². The van der Waals surface area contributed by atoms with Crippen molar-refractivity contribution in [3.05, 3.63) is 35.4 Å². The zero-order chi connectivity index (χ0) is 12.4. The SMILES string of the molecule is CN1CCCC1CNCc1cccc(C2CC2)c1. The van der Waals surface area contributed by atoms with Crippen LogP contribution in [0.15, 0.2) is 24.3 Å². The Labute approximate surface area is 110 Å². The summed E-state index contributed by atoms with van der Waals surface area (Å²) in [4.78, 5) is 2.48. The predicted octanol–water partition coefficient (Wildman–Crippen LogP) is 2.75. The fraction of sp³-hybridized carbons (Fsp3) is 0.625. The number of likely N-dealkylation sites (N-methyl/N-ethyl adjacent to an activating group) is 1. The fourth-order valence-electron chi connectivity index (χ4n) is 2.99. The minimum atomic E-state index is 0.747. The van der Waals surface area contributed by atoms with E-state index in [1.807, 2.05) is 0 Å². The maximum atomic E-state index is 3.62. The Morgan fingerprint density at radius 3 is 2.89 bits per heavy atom. The Balaban J connectivity index is 1.48. The van der Waals surface area contributed by atoms with E-state index in [9.17, 15) is 0 Å². The van der Waals surface area contributed by atoms with Crippen molar-refractivity contribution < 1.29 is 0 Å². The third-order valence-corrected chi connectivity index (χ3v) is 4.38. The van der Waals surface area contributed by atoms with Crippen molar-refractivity contribution in [3.63, 3.8) is 0 Å². The van der Waals surface area contributed by atoms with Crippen LogP contribution in [0.2, 0.25) is 0 Å². The van der Waals surface area contributed by atoms with Gasteiger partial charge in [-0.1, -0.05) is 24.3 Å². The summed E-state index contributed by atoms with van der Waals surface area (Å²) in [5.41, 5.74) is 2.99. The van der Waals surface area contributed by atoms with Gasteiger partial charge in [-0.05, 0) is 56.3 Å². The molecule has 0 aromatic heterocycles. The van der Waals surface area contributed by atoms with Gasteiger partial charge in [-0.3, -0.25) is 0 Å². The lowest BCUT2D eigenvalue weighted by Crippen LogP contribution is -2.35. The van der Waals surface area contributed by atoms with Crippen LogP contribution in [0.4, 0.5) is 0 Å². The Hall–Kier alpha value is -0.860. The van der Waals surface area contributed by atoms with E-state index in [-0.39, 0.29) is 0 Å². The van der Waals surface area contributed by atoms with Crippen LogP contribution in [-0.2, 0) is 6.54 Å². The Bertz CT molecular complexity index is 398. The molecule has 0 spiro atoms. The maximum absolute atomic E-state index is 3.62. The van der Waals surface area contributed by atoms with Crippen LogP contribution < -0.4 is 5.32 Å². The minimum absolute atomic E-state index is 0.747. The molecule has 2 heteroatoms.